The number of methoxy groups -OCH3 is 1. The van der Waals surface area contributed by atoms with E-state index in [1.54, 1.807) is 19.9 Å². The van der Waals surface area contributed by atoms with Crippen molar-refractivity contribution in [2.75, 3.05) is 7.11 Å². The van der Waals surface area contributed by atoms with E-state index in [-0.39, 0.29) is 37.2 Å². The molecule has 0 spiro atoms. The molecule has 1 aromatic rings. The smallest absolute Gasteiger partial charge is 0.342 e. The quantitative estimate of drug-likeness (QED) is 0.241. The molecule has 5 N–H and O–H groups in total. The fraction of sp³-hybridized carbons (Fsp3) is 0.522. The Morgan fingerprint density at radius 3 is 2.46 bits per heavy atom. The summed E-state index contributed by atoms with van der Waals surface area (Å²) < 4.78 is 20.3. The summed E-state index contributed by atoms with van der Waals surface area (Å²) in [5.74, 6) is -2.81. The number of rotatable bonds is 8. The summed E-state index contributed by atoms with van der Waals surface area (Å²) in [6.45, 7) is 3.56. The van der Waals surface area contributed by atoms with Crippen molar-refractivity contribution in [1.29, 1.82) is 0 Å². The maximum absolute atomic E-state index is 12.2. The molecule has 1 fully saturated rings. The van der Waals surface area contributed by atoms with Gasteiger partial charge in [-0.2, -0.15) is 0 Å². The summed E-state index contributed by atoms with van der Waals surface area (Å²) in [6.07, 6.45) is -7.23. The lowest BCUT2D eigenvalue weighted by molar-refractivity contribution is -0.286. The number of carboxylic acid groups (broad SMARTS) is 1. The van der Waals surface area contributed by atoms with Gasteiger partial charge in [-0.05, 0) is 32.3 Å². The number of phenolic OH excluding ortho intramolecular Hbond substituents is 1. The van der Waals surface area contributed by atoms with Crippen molar-refractivity contribution < 1.29 is 58.9 Å². The zero-order chi connectivity index (χ0) is 26.0. The first-order chi connectivity index (χ1) is 16.5. The van der Waals surface area contributed by atoms with Crippen molar-refractivity contribution in [3.8, 4) is 11.5 Å². The van der Waals surface area contributed by atoms with Gasteiger partial charge in [0.05, 0.1) is 7.11 Å². The van der Waals surface area contributed by atoms with E-state index >= 15 is 0 Å². The summed E-state index contributed by atoms with van der Waals surface area (Å²) in [4.78, 5) is 35.4. The molecule has 12 nitrogen and oxygen atoms in total. The molecule has 1 aromatic carbocycles. The number of aliphatic carboxylic acids is 1. The molecule has 1 saturated heterocycles. The van der Waals surface area contributed by atoms with Gasteiger partial charge in [0.1, 0.15) is 42.0 Å². The SMILES string of the molecule is COc1c(C)c2c(c(O)c1C/C=C(\C)CCC(=O)O[C@@H]1O[C@@H](C(=O)O)[C@@H](O)[C@H](O)[C@H]1O)C(=O)OC2. The largest absolute Gasteiger partial charge is 0.507 e. The molecule has 2 aliphatic rings. The van der Waals surface area contributed by atoms with Gasteiger partial charge in [0.25, 0.3) is 0 Å². The number of ether oxygens (including phenoxy) is 4. The highest BCUT2D eigenvalue weighted by atomic mass is 16.7. The second-order valence-corrected chi connectivity index (χ2v) is 8.39. The van der Waals surface area contributed by atoms with Crippen LogP contribution in [0.5, 0.6) is 11.5 Å². The van der Waals surface area contributed by atoms with Gasteiger partial charge in [-0.15, -0.1) is 0 Å². The van der Waals surface area contributed by atoms with Crippen molar-refractivity contribution in [2.24, 2.45) is 0 Å². The third-order valence-electron chi connectivity index (χ3n) is 6.09. The zero-order valence-corrected chi connectivity index (χ0v) is 19.4. The summed E-state index contributed by atoms with van der Waals surface area (Å²) in [5, 5.41) is 49.1. The van der Waals surface area contributed by atoms with E-state index < -0.39 is 48.6 Å². The number of aromatic hydroxyl groups is 1. The van der Waals surface area contributed by atoms with E-state index in [4.69, 9.17) is 24.1 Å². The fourth-order valence-corrected chi connectivity index (χ4v) is 4.04. The minimum Gasteiger partial charge on any atom is -0.507 e. The number of benzene rings is 1. The third kappa shape index (κ3) is 5.25. The lowest BCUT2D eigenvalue weighted by Gasteiger charge is -2.37. The number of phenols is 1. The van der Waals surface area contributed by atoms with Crippen LogP contribution in [0.3, 0.4) is 0 Å². The minimum atomic E-state index is -1.89. The van der Waals surface area contributed by atoms with Crippen LogP contribution in [0.2, 0.25) is 0 Å². The van der Waals surface area contributed by atoms with Crippen LogP contribution in [0.25, 0.3) is 0 Å². The number of hydrogen-bond donors (Lipinski definition) is 5. The molecule has 0 saturated carbocycles. The van der Waals surface area contributed by atoms with Crippen LogP contribution in [0.4, 0.5) is 0 Å². The Balaban J connectivity index is 1.63. The van der Waals surface area contributed by atoms with Crippen molar-refractivity contribution in [3.63, 3.8) is 0 Å². The number of fused-ring (bicyclic) bond motifs is 1. The predicted molar refractivity (Wildman–Crippen MR) is 116 cm³/mol. The number of cyclic esters (lactones) is 1. The first kappa shape index (κ1) is 26.4. The topological polar surface area (TPSA) is 189 Å². The van der Waals surface area contributed by atoms with Gasteiger partial charge in [-0.25, -0.2) is 9.59 Å². The molecule has 0 amide bonds. The van der Waals surface area contributed by atoms with Crippen LogP contribution in [-0.4, -0.2) is 81.3 Å². The average molecular weight is 496 g/mol. The van der Waals surface area contributed by atoms with E-state index in [1.165, 1.54) is 7.11 Å². The Kier molecular flexibility index (Phi) is 8.00. The minimum absolute atomic E-state index is 0.0593. The first-order valence-electron chi connectivity index (χ1n) is 10.8. The zero-order valence-electron chi connectivity index (χ0n) is 19.4. The van der Waals surface area contributed by atoms with Crippen LogP contribution < -0.4 is 4.74 Å². The van der Waals surface area contributed by atoms with Gasteiger partial charge in [0.2, 0.25) is 6.29 Å². The molecular weight excluding hydrogens is 468 g/mol. The van der Waals surface area contributed by atoms with E-state index in [1.807, 2.05) is 0 Å². The number of esters is 2. The van der Waals surface area contributed by atoms with Gasteiger partial charge in [0, 0.05) is 17.5 Å². The summed E-state index contributed by atoms with van der Waals surface area (Å²) in [6, 6.07) is 0. The number of carbonyl (C=O) groups is 3. The van der Waals surface area contributed by atoms with Crippen LogP contribution in [0, 0.1) is 6.92 Å². The first-order valence-corrected chi connectivity index (χ1v) is 10.8. The summed E-state index contributed by atoms with van der Waals surface area (Å²) in [5.41, 5.74) is 2.51. The fourth-order valence-electron chi connectivity index (χ4n) is 4.04. The van der Waals surface area contributed by atoms with Crippen LogP contribution in [0.15, 0.2) is 11.6 Å². The maximum atomic E-state index is 12.2. The molecule has 0 aliphatic carbocycles. The summed E-state index contributed by atoms with van der Waals surface area (Å²) in [7, 11) is 1.45. The predicted octanol–water partition coefficient (Wildman–Crippen LogP) is 0.0840. The van der Waals surface area contributed by atoms with E-state index in [9.17, 15) is 34.8 Å². The normalized spacial score (nSPS) is 26.2. The highest BCUT2D eigenvalue weighted by Crippen LogP contribution is 2.42. The molecule has 2 heterocycles. The van der Waals surface area contributed by atoms with Gasteiger partial charge in [-0.1, -0.05) is 11.6 Å². The van der Waals surface area contributed by atoms with Gasteiger partial charge in [-0.3, -0.25) is 4.79 Å². The van der Waals surface area contributed by atoms with Crippen LogP contribution >= 0.6 is 0 Å². The third-order valence-corrected chi connectivity index (χ3v) is 6.09. The van der Waals surface area contributed by atoms with Crippen LogP contribution in [0.1, 0.15) is 46.8 Å². The van der Waals surface area contributed by atoms with Crippen LogP contribution in [-0.2, 0) is 36.8 Å². The molecule has 0 aromatic heterocycles. The molecule has 3 rings (SSSR count). The number of allylic oxidation sites excluding steroid dienone is 2. The Labute approximate surface area is 200 Å². The number of aliphatic hydroxyl groups excluding tert-OH is 3. The van der Waals surface area contributed by atoms with E-state index in [2.05, 4.69) is 0 Å². The Hall–Kier alpha value is -3.19. The van der Waals surface area contributed by atoms with Crippen molar-refractivity contribution in [1.82, 2.24) is 0 Å². The average Bonchev–Trinajstić information content (AvgIpc) is 3.21. The molecule has 5 atom stereocenters. The highest BCUT2D eigenvalue weighted by Gasteiger charge is 2.48. The molecule has 12 heteroatoms. The highest BCUT2D eigenvalue weighted by molar-refractivity contribution is 5.98. The number of carbonyl (C=O) groups excluding carboxylic acids is 2. The monoisotopic (exact) mass is 496 g/mol. The van der Waals surface area contributed by atoms with Crippen molar-refractivity contribution in [3.05, 3.63) is 33.9 Å². The lowest BCUT2D eigenvalue weighted by Crippen LogP contribution is -2.60. The van der Waals surface area contributed by atoms with Crippen molar-refractivity contribution >= 4 is 17.9 Å². The standard InChI is InChI=1S/C23H28O12/c1-9(4-6-11-15(25)14-12(8-33-22(14)31)10(2)19(11)32-3)5-7-13(24)34-23-18(28)16(26)17(27)20(35-23)21(29)30/h4,16-18,20,23,25-28H,5-8H2,1-3H3,(H,29,30)/b9-4+/t16-,17-,18+,20+,23+/m0/s1. The second-order valence-electron chi connectivity index (χ2n) is 8.39. The molecule has 2 aliphatic heterocycles. The molecule has 192 valence electrons. The number of aliphatic hydroxyl groups is 3. The second kappa shape index (κ2) is 10.6. The Morgan fingerprint density at radius 1 is 1.14 bits per heavy atom. The van der Waals surface area contributed by atoms with Crippen molar-refractivity contribution in [2.45, 2.75) is 70.4 Å². The van der Waals surface area contributed by atoms with Gasteiger partial charge < -0.3 is 44.5 Å². The Morgan fingerprint density at radius 2 is 1.83 bits per heavy atom. The molecule has 35 heavy (non-hydrogen) atoms. The van der Waals surface area contributed by atoms with Gasteiger partial charge >= 0.3 is 17.9 Å². The number of carboxylic acids is 1. The lowest BCUT2D eigenvalue weighted by atomic mass is 9.94. The molecular formula is C23H28O12. The Bertz CT molecular complexity index is 1050. The van der Waals surface area contributed by atoms with E-state index in [0.717, 1.165) is 5.57 Å². The molecule has 0 bridgehead atoms. The maximum Gasteiger partial charge on any atom is 0.342 e. The molecule has 0 unspecified atom stereocenters. The van der Waals surface area contributed by atoms with E-state index in [0.29, 0.717) is 22.4 Å². The molecule has 0 radical (unpaired) electrons. The van der Waals surface area contributed by atoms with Gasteiger partial charge in [0.15, 0.2) is 6.10 Å². The number of hydrogen-bond acceptors (Lipinski definition) is 11. The summed E-state index contributed by atoms with van der Waals surface area (Å²) >= 11 is 0.